The summed E-state index contributed by atoms with van der Waals surface area (Å²) in [6, 6.07) is 5.09. The zero-order valence-corrected chi connectivity index (χ0v) is 13.1. The highest BCUT2D eigenvalue weighted by Crippen LogP contribution is 2.35. The van der Waals surface area contributed by atoms with Crippen molar-refractivity contribution in [3.63, 3.8) is 0 Å². The molecule has 0 fully saturated rings. The molecular formula is C16H17ClFN3. The highest BCUT2D eigenvalue weighted by molar-refractivity contribution is 6.28. The summed E-state index contributed by atoms with van der Waals surface area (Å²) in [6.07, 6.45) is 0.875. The average molecular weight is 306 g/mol. The van der Waals surface area contributed by atoms with Crippen molar-refractivity contribution in [2.24, 2.45) is 0 Å². The fourth-order valence-electron chi connectivity index (χ4n) is 2.93. The topological polar surface area (TPSA) is 29.0 Å². The molecule has 0 amide bonds. The highest BCUT2D eigenvalue weighted by atomic mass is 35.5. The fourth-order valence-corrected chi connectivity index (χ4v) is 3.14. The van der Waals surface area contributed by atoms with Gasteiger partial charge < -0.3 is 4.90 Å². The SMILES string of the molecule is Cc1nc(Cl)nc(N2CCc3ccc(F)cc3C2C)c1C. The van der Waals surface area contributed by atoms with Crippen molar-refractivity contribution in [2.75, 3.05) is 11.4 Å². The quantitative estimate of drug-likeness (QED) is 0.745. The van der Waals surface area contributed by atoms with Gasteiger partial charge >= 0.3 is 0 Å². The predicted octanol–water partition coefficient (Wildman–Crippen LogP) is 4.01. The Labute approximate surface area is 128 Å². The number of fused-ring (bicyclic) bond motifs is 1. The highest BCUT2D eigenvalue weighted by Gasteiger charge is 2.27. The van der Waals surface area contributed by atoms with Crippen molar-refractivity contribution >= 4 is 17.4 Å². The lowest BCUT2D eigenvalue weighted by Crippen LogP contribution is -2.35. The molecule has 0 bridgehead atoms. The Bertz CT molecular complexity index is 702. The molecular weight excluding hydrogens is 289 g/mol. The summed E-state index contributed by atoms with van der Waals surface area (Å²) >= 11 is 6.01. The van der Waals surface area contributed by atoms with Gasteiger partial charge in [0, 0.05) is 17.8 Å². The van der Waals surface area contributed by atoms with E-state index in [9.17, 15) is 4.39 Å². The molecule has 2 heterocycles. The van der Waals surface area contributed by atoms with E-state index in [1.54, 1.807) is 6.07 Å². The van der Waals surface area contributed by atoms with Crippen LogP contribution in [0.2, 0.25) is 5.28 Å². The van der Waals surface area contributed by atoms with E-state index in [-0.39, 0.29) is 17.1 Å². The third kappa shape index (κ3) is 2.48. The number of hydrogen-bond acceptors (Lipinski definition) is 3. The van der Waals surface area contributed by atoms with Gasteiger partial charge in [-0.3, -0.25) is 0 Å². The van der Waals surface area contributed by atoms with Crippen LogP contribution >= 0.6 is 11.6 Å². The van der Waals surface area contributed by atoms with Crippen LogP contribution in [0.3, 0.4) is 0 Å². The fraction of sp³-hybridized carbons (Fsp3) is 0.375. The van der Waals surface area contributed by atoms with Crippen LogP contribution in [0.4, 0.5) is 10.2 Å². The third-order valence-corrected chi connectivity index (χ3v) is 4.42. The van der Waals surface area contributed by atoms with E-state index in [1.807, 2.05) is 19.9 Å². The minimum absolute atomic E-state index is 0.0634. The molecule has 1 unspecified atom stereocenters. The van der Waals surface area contributed by atoms with Crippen LogP contribution in [-0.2, 0) is 6.42 Å². The van der Waals surface area contributed by atoms with E-state index < -0.39 is 0 Å². The summed E-state index contributed by atoms with van der Waals surface area (Å²) in [4.78, 5) is 10.7. The van der Waals surface area contributed by atoms with Gasteiger partial charge in [0.2, 0.25) is 5.28 Å². The van der Waals surface area contributed by atoms with Crippen LogP contribution in [-0.4, -0.2) is 16.5 Å². The van der Waals surface area contributed by atoms with Crippen LogP contribution in [0.5, 0.6) is 0 Å². The summed E-state index contributed by atoms with van der Waals surface area (Å²) in [5, 5.41) is 0.255. The van der Waals surface area contributed by atoms with Gasteiger partial charge in [0.25, 0.3) is 0 Å². The normalized spacial score (nSPS) is 17.8. The maximum Gasteiger partial charge on any atom is 0.224 e. The van der Waals surface area contributed by atoms with Gasteiger partial charge in [0.15, 0.2) is 0 Å². The predicted molar refractivity (Wildman–Crippen MR) is 82.4 cm³/mol. The molecule has 3 rings (SSSR count). The van der Waals surface area contributed by atoms with Crippen LogP contribution < -0.4 is 4.90 Å². The van der Waals surface area contributed by atoms with Gasteiger partial charge in [-0.2, -0.15) is 0 Å². The Morgan fingerprint density at radius 3 is 2.81 bits per heavy atom. The molecule has 110 valence electrons. The number of nitrogens with zero attached hydrogens (tertiary/aromatic N) is 3. The maximum atomic E-state index is 13.5. The van der Waals surface area contributed by atoms with E-state index in [0.29, 0.717) is 0 Å². The zero-order valence-electron chi connectivity index (χ0n) is 12.3. The van der Waals surface area contributed by atoms with Gasteiger partial charge in [0.1, 0.15) is 11.6 Å². The first-order valence-corrected chi connectivity index (χ1v) is 7.41. The van der Waals surface area contributed by atoms with Crippen molar-refractivity contribution in [3.05, 3.63) is 51.7 Å². The number of anilines is 1. The van der Waals surface area contributed by atoms with Crippen molar-refractivity contribution < 1.29 is 4.39 Å². The Hall–Kier alpha value is -1.68. The number of aryl methyl sites for hydroxylation is 1. The first kappa shape index (κ1) is 14.3. The number of hydrogen-bond donors (Lipinski definition) is 0. The van der Waals surface area contributed by atoms with E-state index in [1.165, 1.54) is 11.6 Å². The molecule has 0 radical (unpaired) electrons. The smallest absolute Gasteiger partial charge is 0.224 e. The maximum absolute atomic E-state index is 13.5. The number of rotatable bonds is 1. The molecule has 0 aliphatic carbocycles. The summed E-state index contributed by atoms with van der Waals surface area (Å²) in [6.45, 7) is 6.83. The molecule has 0 saturated carbocycles. The average Bonchev–Trinajstić information content (AvgIpc) is 2.44. The molecule has 1 aliphatic rings. The van der Waals surface area contributed by atoms with Crippen molar-refractivity contribution in [3.8, 4) is 0 Å². The molecule has 0 spiro atoms. The lowest BCUT2D eigenvalue weighted by atomic mass is 9.93. The molecule has 1 aliphatic heterocycles. The van der Waals surface area contributed by atoms with Crippen LogP contribution in [0, 0.1) is 19.7 Å². The first-order chi connectivity index (χ1) is 9.97. The summed E-state index contributed by atoms with van der Waals surface area (Å²) in [5.41, 5.74) is 4.12. The van der Waals surface area contributed by atoms with Gasteiger partial charge in [-0.05, 0) is 62.1 Å². The minimum Gasteiger partial charge on any atom is -0.349 e. The van der Waals surface area contributed by atoms with E-state index in [4.69, 9.17) is 11.6 Å². The molecule has 1 atom stereocenters. The molecule has 5 heteroatoms. The number of benzene rings is 1. The molecule has 1 aromatic carbocycles. The molecule has 3 nitrogen and oxygen atoms in total. The molecule has 0 N–H and O–H groups in total. The first-order valence-electron chi connectivity index (χ1n) is 7.03. The monoisotopic (exact) mass is 305 g/mol. The second-order valence-electron chi connectivity index (χ2n) is 5.49. The van der Waals surface area contributed by atoms with Crippen LogP contribution in [0.15, 0.2) is 18.2 Å². The summed E-state index contributed by atoms with van der Waals surface area (Å²) in [5.74, 6) is 0.644. The second-order valence-corrected chi connectivity index (χ2v) is 5.83. The minimum atomic E-state index is -0.198. The summed E-state index contributed by atoms with van der Waals surface area (Å²) < 4.78 is 13.5. The van der Waals surface area contributed by atoms with Crippen molar-refractivity contribution in [1.29, 1.82) is 0 Å². The Balaban J connectivity index is 2.06. The Morgan fingerprint density at radius 2 is 2.05 bits per heavy atom. The Morgan fingerprint density at radius 1 is 1.29 bits per heavy atom. The second kappa shape index (κ2) is 5.26. The largest absolute Gasteiger partial charge is 0.349 e. The zero-order chi connectivity index (χ0) is 15.1. The van der Waals surface area contributed by atoms with Gasteiger partial charge in [-0.1, -0.05) is 6.07 Å². The summed E-state index contributed by atoms with van der Waals surface area (Å²) in [7, 11) is 0. The third-order valence-electron chi connectivity index (χ3n) is 4.26. The van der Waals surface area contributed by atoms with E-state index >= 15 is 0 Å². The molecule has 2 aromatic rings. The standard InChI is InChI=1S/C16H17ClFN3/c1-9-10(2)19-16(17)20-15(9)21-7-6-12-4-5-13(18)8-14(12)11(21)3/h4-5,8,11H,6-7H2,1-3H3. The van der Waals surface area contributed by atoms with Crippen molar-refractivity contribution in [2.45, 2.75) is 33.2 Å². The van der Waals surface area contributed by atoms with Crippen molar-refractivity contribution in [1.82, 2.24) is 9.97 Å². The van der Waals surface area contributed by atoms with E-state index in [2.05, 4.69) is 21.8 Å². The molecule has 21 heavy (non-hydrogen) atoms. The van der Waals surface area contributed by atoms with Gasteiger partial charge in [-0.25, -0.2) is 14.4 Å². The lowest BCUT2D eigenvalue weighted by Gasteiger charge is -2.37. The molecule has 0 saturated heterocycles. The lowest BCUT2D eigenvalue weighted by molar-refractivity contribution is 0.588. The number of halogens is 2. The van der Waals surface area contributed by atoms with Gasteiger partial charge in [0.05, 0.1) is 6.04 Å². The van der Waals surface area contributed by atoms with Crippen LogP contribution in [0.25, 0.3) is 0 Å². The van der Waals surface area contributed by atoms with Gasteiger partial charge in [-0.15, -0.1) is 0 Å². The van der Waals surface area contributed by atoms with Crippen LogP contribution in [0.1, 0.15) is 35.3 Å². The number of aromatic nitrogens is 2. The van der Waals surface area contributed by atoms with E-state index in [0.717, 1.165) is 35.6 Å². The molecule has 1 aromatic heterocycles. The Kier molecular flexibility index (Phi) is 3.57.